The van der Waals surface area contributed by atoms with Crippen molar-refractivity contribution in [3.8, 4) is 0 Å². The fourth-order valence-electron chi connectivity index (χ4n) is 7.78. The van der Waals surface area contributed by atoms with Crippen LogP contribution >= 0.6 is 0 Å². The van der Waals surface area contributed by atoms with Gasteiger partial charge in [-0.1, -0.05) is 32.4 Å². The first kappa shape index (κ1) is 16.0. The van der Waals surface area contributed by atoms with E-state index in [4.69, 9.17) is 4.74 Å². The Labute approximate surface area is 149 Å². The highest BCUT2D eigenvalue weighted by Gasteiger charge is 2.74. The van der Waals surface area contributed by atoms with Gasteiger partial charge in [-0.3, -0.25) is 9.59 Å². The molecule has 3 saturated carbocycles. The molecule has 0 amide bonds. The van der Waals surface area contributed by atoms with Gasteiger partial charge >= 0.3 is 0 Å². The van der Waals surface area contributed by atoms with E-state index >= 15 is 0 Å². The third kappa shape index (κ3) is 1.81. The average molecular weight is 340 g/mol. The van der Waals surface area contributed by atoms with Gasteiger partial charge in [0.15, 0.2) is 5.78 Å². The molecule has 0 radical (unpaired) electrons. The minimum Gasteiger partial charge on any atom is -0.369 e. The number of ketones is 2. The standard InChI is InChI=1S/C22H28O3/c1-11-9-16-15-6-5-13-10-14(24)7-8-21(13,3)18(15)19-20(25-19)22(16,4)17(11)12(2)23/h7-8,10-11,15-20H,5-6,9H2,1-4H3/t11-,15-,16-,17+,18+,19+,20?,21-,22-/m0/s1. The van der Waals surface area contributed by atoms with Crippen molar-refractivity contribution in [1.29, 1.82) is 0 Å². The van der Waals surface area contributed by atoms with E-state index in [1.54, 1.807) is 13.0 Å². The lowest BCUT2D eigenvalue weighted by atomic mass is 9.47. The molecule has 3 heteroatoms. The lowest BCUT2D eigenvalue weighted by Crippen LogP contribution is -2.54. The van der Waals surface area contributed by atoms with E-state index in [0.29, 0.717) is 29.5 Å². The molecule has 0 aromatic carbocycles. The maximum absolute atomic E-state index is 12.5. The fourth-order valence-corrected chi connectivity index (χ4v) is 7.78. The molecule has 0 N–H and O–H groups in total. The maximum Gasteiger partial charge on any atom is 0.178 e. The molecule has 0 spiro atoms. The van der Waals surface area contributed by atoms with Crippen LogP contribution in [0.4, 0.5) is 0 Å². The molecule has 9 atom stereocenters. The molecular weight excluding hydrogens is 312 g/mol. The van der Waals surface area contributed by atoms with Gasteiger partial charge in [-0.05, 0) is 56.1 Å². The van der Waals surface area contributed by atoms with Crippen LogP contribution in [-0.4, -0.2) is 23.8 Å². The summed E-state index contributed by atoms with van der Waals surface area (Å²) in [7, 11) is 0. The summed E-state index contributed by atoms with van der Waals surface area (Å²) in [6.45, 7) is 8.68. The number of fused-ring (bicyclic) bond motifs is 8. The first-order chi connectivity index (χ1) is 11.8. The van der Waals surface area contributed by atoms with Crippen LogP contribution < -0.4 is 0 Å². The Balaban J connectivity index is 1.58. The molecule has 4 fully saturated rings. The second-order valence-electron chi connectivity index (χ2n) is 9.71. The highest BCUT2D eigenvalue weighted by atomic mass is 16.6. The van der Waals surface area contributed by atoms with E-state index in [1.807, 2.05) is 6.08 Å². The van der Waals surface area contributed by atoms with E-state index in [-0.39, 0.29) is 34.7 Å². The maximum atomic E-state index is 12.5. The van der Waals surface area contributed by atoms with E-state index in [1.165, 1.54) is 5.57 Å². The first-order valence-electron chi connectivity index (χ1n) is 9.88. The summed E-state index contributed by atoms with van der Waals surface area (Å²) in [5.74, 6) is 2.68. The summed E-state index contributed by atoms with van der Waals surface area (Å²) in [5, 5.41) is 0. The van der Waals surface area contributed by atoms with Crippen LogP contribution in [0.5, 0.6) is 0 Å². The van der Waals surface area contributed by atoms with Crippen LogP contribution in [0.3, 0.4) is 0 Å². The molecule has 134 valence electrons. The number of ether oxygens (including phenoxy) is 1. The Kier molecular flexibility index (Phi) is 3.03. The van der Waals surface area contributed by atoms with Crippen LogP contribution in [0, 0.1) is 40.4 Å². The Morgan fingerprint density at radius 2 is 2.08 bits per heavy atom. The molecule has 5 rings (SSSR count). The van der Waals surface area contributed by atoms with Crippen LogP contribution in [0.2, 0.25) is 0 Å². The lowest BCUT2D eigenvalue weighted by Gasteiger charge is -2.54. The summed E-state index contributed by atoms with van der Waals surface area (Å²) in [4.78, 5) is 24.3. The molecule has 1 saturated heterocycles. The number of Topliss-reactive ketones (excluding diaryl/α,β-unsaturated/α-hetero) is 1. The third-order valence-corrected chi connectivity index (χ3v) is 8.61. The van der Waals surface area contributed by atoms with Crippen LogP contribution in [0.15, 0.2) is 23.8 Å². The Hall–Kier alpha value is -1.22. The topological polar surface area (TPSA) is 46.7 Å². The average Bonchev–Trinajstić information content (AvgIpc) is 3.27. The molecule has 1 unspecified atom stereocenters. The normalized spacial score (nSPS) is 55.6. The largest absolute Gasteiger partial charge is 0.369 e. The van der Waals surface area contributed by atoms with Crippen molar-refractivity contribution in [1.82, 2.24) is 0 Å². The zero-order chi connectivity index (χ0) is 17.7. The van der Waals surface area contributed by atoms with Gasteiger partial charge in [-0.25, -0.2) is 0 Å². The molecular formula is C22H28O3. The van der Waals surface area contributed by atoms with Crippen LogP contribution in [-0.2, 0) is 14.3 Å². The number of carbonyl (C=O) groups is 2. The molecule has 3 nitrogen and oxygen atoms in total. The van der Waals surface area contributed by atoms with Gasteiger partial charge in [0.05, 0.1) is 12.2 Å². The Morgan fingerprint density at radius 1 is 1.32 bits per heavy atom. The molecule has 1 aliphatic heterocycles. The summed E-state index contributed by atoms with van der Waals surface area (Å²) in [5.41, 5.74) is 1.26. The van der Waals surface area contributed by atoms with Crippen molar-refractivity contribution in [2.75, 3.05) is 0 Å². The predicted molar refractivity (Wildman–Crippen MR) is 94.8 cm³/mol. The molecule has 0 bridgehead atoms. The smallest absolute Gasteiger partial charge is 0.178 e. The first-order valence-corrected chi connectivity index (χ1v) is 9.88. The number of allylic oxidation sites excluding steroid dienone is 4. The molecule has 5 aliphatic rings. The number of hydrogen-bond acceptors (Lipinski definition) is 3. The van der Waals surface area contributed by atoms with Crippen LogP contribution in [0.25, 0.3) is 0 Å². The van der Waals surface area contributed by atoms with Crippen molar-refractivity contribution in [2.24, 2.45) is 40.4 Å². The summed E-state index contributed by atoms with van der Waals surface area (Å²) < 4.78 is 6.34. The molecule has 0 aromatic heterocycles. The van der Waals surface area contributed by atoms with Crippen molar-refractivity contribution in [2.45, 2.75) is 59.2 Å². The number of rotatable bonds is 1. The number of epoxide rings is 1. The van der Waals surface area contributed by atoms with Gasteiger partial charge in [-0.15, -0.1) is 0 Å². The zero-order valence-corrected chi connectivity index (χ0v) is 15.6. The molecule has 1 heterocycles. The van der Waals surface area contributed by atoms with Gasteiger partial charge < -0.3 is 4.74 Å². The SMILES string of the molecule is CC(=O)[C@H]1[C@@H](C)C[C@H]2[C@@H]3CCC4=CC(=O)C=C[C@]4(C)[C@H]3[C@H]3OC3[C@@]21C. The van der Waals surface area contributed by atoms with Gasteiger partial charge in [0.1, 0.15) is 5.78 Å². The van der Waals surface area contributed by atoms with E-state index in [2.05, 4.69) is 26.8 Å². The van der Waals surface area contributed by atoms with E-state index in [9.17, 15) is 9.59 Å². The summed E-state index contributed by atoms with van der Waals surface area (Å²) >= 11 is 0. The minimum absolute atomic E-state index is 0.00284. The summed E-state index contributed by atoms with van der Waals surface area (Å²) in [6, 6.07) is 0. The van der Waals surface area contributed by atoms with E-state index in [0.717, 1.165) is 19.3 Å². The van der Waals surface area contributed by atoms with Crippen molar-refractivity contribution in [3.05, 3.63) is 23.8 Å². The summed E-state index contributed by atoms with van der Waals surface area (Å²) in [6.07, 6.45) is 9.55. The second kappa shape index (κ2) is 4.73. The highest BCUT2D eigenvalue weighted by Crippen LogP contribution is 2.72. The highest BCUT2D eigenvalue weighted by molar-refractivity contribution is 6.01. The Bertz CT molecular complexity index is 734. The number of hydrogen-bond donors (Lipinski definition) is 0. The van der Waals surface area contributed by atoms with Gasteiger partial charge in [0.2, 0.25) is 0 Å². The molecule has 4 aliphatic carbocycles. The molecule has 25 heavy (non-hydrogen) atoms. The minimum atomic E-state index is -0.0465. The van der Waals surface area contributed by atoms with Crippen LogP contribution in [0.1, 0.15) is 47.0 Å². The Morgan fingerprint density at radius 3 is 2.80 bits per heavy atom. The van der Waals surface area contributed by atoms with Gasteiger partial charge in [-0.2, -0.15) is 0 Å². The van der Waals surface area contributed by atoms with Gasteiger partial charge in [0, 0.05) is 22.7 Å². The monoisotopic (exact) mass is 340 g/mol. The second-order valence-corrected chi connectivity index (χ2v) is 9.71. The van der Waals surface area contributed by atoms with Gasteiger partial charge in [0.25, 0.3) is 0 Å². The van der Waals surface area contributed by atoms with E-state index < -0.39 is 0 Å². The van der Waals surface area contributed by atoms with Crippen molar-refractivity contribution < 1.29 is 14.3 Å². The zero-order valence-electron chi connectivity index (χ0n) is 15.6. The molecule has 0 aromatic rings. The van der Waals surface area contributed by atoms with Crippen molar-refractivity contribution in [3.63, 3.8) is 0 Å². The fraction of sp³-hybridized carbons (Fsp3) is 0.727. The predicted octanol–water partition coefficient (Wildman–Crippen LogP) is 3.73. The quantitative estimate of drug-likeness (QED) is 0.683. The lowest BCUT2D eigenvalue weighted by molar-refractivity contribution is -0.127. The van der Waals surface area contributed by atoms with Crippen molar-refractivity contribution >= 4 is 11.6 Å². The number of carbonyl (C=O) groups excluding carboxylic acids is 2. The third-order valence-electron chi connectivity index (χ3n) is 8.61.